The van der Waals surface area contributed by atoms with E-state index in [1.54, 1.807) is 13.0 Å². The number of aromatic nitrogens is 2. The second-order valence-electron chi connectivity index (χ2n) is 6.31. The number of ketones is 1. The van der Waals surface area contributed by atoms with Crippen LogP contribution >= 0.6 is 23.1 Å². The zero-order chi connectivity index (χ0) is 20.6. The highest BCUT2D eigenvalue weighted by Crippen LogP contribution is 2.30. The van der Waals surface area contributed by atoms with E-state index in [1.807, 2.05) is 13.8 Å². The molecule has 2 aromatic heterocycles. The second-order valence-corrected chi connectivity index (χ2v) is 8.82. The maximum absolute atomic E-state index is 14.0. The highest BCUT2D eigenvalue weighted by atomic mass is 32.2. The van der Waals surface area contributed by atoms with Crippen LogP contribution in [0.25, 0.3) is 10.2 Å². The lowest BCUT2D eigenvalue weighted by Gasteiger charge is -2.14. The van der Waals surface area contributed by atoms with Gasteiger partial charge >= 0.3 is 0 Å². The molecule has 0 radical (unpaired) electrons. The largest absolute Gasteiger partial charge is 0.293 e. The van der Waals surface area contributed by atoms with Gasteiger partial charge < -0.3 is 0 Å². The standard InChI is InChI=1S/C20H18F2N2O2S2/c1-5-8-24-19(26)16-10(2)11(3)27-18(16)23-20(24)28-12(4)17(25)14-7-6-13(21)9-15(14)22/h5-7,9,12H,1,8H2,2-4H3. The summed E-state index contributed by atoms with van der Waals surface area (Å²) in [6.07, 6.45) is 1.58. The Balaban J connectivity index is 2.03. The summed E-state index contributed by atoms with van der Waals surface area (Å²) in [5.41, 5.74) is 0.508. The molecule has 0 amide bonds. The molecule has 146 valence electrons. The van der Waals surface area contributed by atoms with Crippen molar-refractivity contribution in [2.75, 3.05) is 0 Å². The summed E-state index contributed by atoms with van der Waals surface area (Å²) in [5.74, 6) is -2.15. The number of thiophene rings is 1. The lowest BCUT2D eigenvalue weighted by atomic mass is 10.1. The van der Waals surface area contributed by atoms with Crippen molar-refractivity contribution in [2.45, 2.75) is 37.7 Å². The minimum absolute atomic E-state index is 0.192. The molecular weight excluding hydrogens is 402 g/mol. The number of benzene rings is 1. The van der Waals surface area contributed by atoms with Gasteiger partial charge in [0.2, 0.25) is 0 Å². The average molecular weight is 421 g/mol. The van der Waals surface area contributed by atoms with Crippen LogP contribution < -0.4 is 5.56 Å². The summed E-state index contributed by atoms with van der Waals surface area (Å²) in [7, 11) is 0. The average Bonchev–Trinajstić information content (AvgIpc) is 2.92. The van der Waals surface area contributed by atoms with Crippen LogP contribution in [-0.4, -0.2) is 20.6 Å². The Morgan fingerprint density at radius 1 is 1.39 bits per heavy atom. The molecule has 1 unspecified atom stereocenters. The van der Waals surface area contributed by atoms with Gasteiger partial charge in [0.25, 0.3) is 5.56 Å². The van der Waals surface area contributed by atoms with E-state index < -0.39 is 22.7 Å². The number of Topliss-reactive ketones (excluding diaryl/α,β-unsaturated/α-hetero) is 1. The Bertz CT molecular complexity index is 1150. The lowest BCUT2D eigenvalue weighted by molar-refractivity contribution is 0.0990. The van der Waals surface area contributed by atoms with E-state index in [9.17, 15) is 18.4 Å². The Morgan fingerprint density at radius 2 is 2.11 bits per heavy atom. The van der Waals surface area contributed by atoms with Crippen LogP contribution in [-0.2, 0) is 6.54 Å². The highest BCUT2D eigenvalue weighted by molar-refractivity contribution is 8.00. The molecule has 8 heteroatoms. The number of aryl methyl sites for hydroxylation is 2. The zero-order valence-electron chi connectivity index (χ0n) is 15.6. The van der Waals surface area contributed by atoms with Crippen LogP contribution in [0.5, 0.6) is 0 Å². The lowest BCUT2D eigenvalue weighted by Crippen LogP contribution is -2.24. The predicted octanol–water partition coefficient (Wildman–Crippen LogP) is 4.90. The van der Waals surface area contributed by atoms with Crippen molar-refractivity contribution in [3.05, 3.63) is 68.8 Å². The molecule has 28 heavy (non-hydrogen) atoms. The number of carbonyl (C=O) groups is 1. The molecule has 1 aromatic carbocycles. The smallest absolute Gasteiger partial charge is 0.263 e. The number of rotatable bonds is 6. The molecular formula is C20H18F2N2O2S2. The first-order chi connectivity index (χ1) is 13.2. The Kier molecular flexibility index (Phi) is 5.81. The fourth-order valence-corrected chi connectivity index (χ4v) is 4.87. The van der Waals surface area contributed by atoms with Gasteiger partial charge in [0.1, 0.15) is 16.5 Å². The third-order valence-electron chi connectivity index (χ3n) is 4.41. The van der Waals surface area contributed by atoms with E-state index in [-0.39, 0.29) is 17.7 Å². The third kappa shape index (κ3) is 3.66. The van der Waals surface area contributed by atoms with Crippen LogP contribution in [0.3, 0.4) is 0 Å². The van der Waals surface area contributed by atoms with Crippen molar-refractivity contribution in [1.82, 2.24) is 9.55 Å². The number of halogens is 2. The maximum atomic E-state index is 14.0. The minimum atomic E-state index is -0.908. The molecule has 0 saturated heterocycles. The van der Waals surface area contributed by atoms with E-state index in [2.05, 4.69) is 11.6 Å². The summed E-state index contributed by atoms with van der Waals surface area (Å²) in [5, 5.41) is 0.210. The Labute approximate surface area is 168 Å². The fraction of sp³-hybridized carbons (Fsp3) is 0.250. The number of nitrogens with zero attached hydrogens (tertiary/aromatic N) is 2. The van der Waals surface area contributed by atoms with Crippen LogP contribution in [0.4, 0.5) is 8.78 Å². The highest BCUT2D eigenvalue weighted by Gasteiger charge is 2.24. The molecule has 1 atom stereocenters. The van der Waals surface area contributed by atoms with Crippen molar-refractivity contribution in [2.24, 2.45) is 0 Å². The van der Waals surface area contributed by atoms with Gasteiger partial charge in [-0.25, -0.2) is 13.8 Å². The van der Waals surface area contributed by atoms with Crippen molar-refractivity contribution in [3.8, 4) is 0 Å². The summed E-state index contributed by atoms with van der Waals surface area (Å²) >= 11 is 2.49. The SMILES string of the molecule is C=CCn1c(SC(C)C(=O)c2ccc(F)cc2F)nc2sc(C)c(C)c2c1=O. The fourth-order valence-electron chi connectivity index (χ4n) is 2.81. The molecule has 0 aliphatic rings. The van der Waals surface area contributed by atoms with Gasteiger partial charge in [0, 0.05) is 17.5 Å². The Hall–Kier alpha value is -2.32. The Morgan fingerprint density at radius 3 is 2.75 bits per heavy atom. The summed E-state index contributed by atoms with van der Waals surface area (Å²) in [6.45, 7) is 9.33. The van der Waals surface area contributed by atoms with Crippen LogP contribution in [0.1, 0.15) is 27.7 Å². The summed E-state index contributed by atoms with van der Waals surface area (Å²) in [6, 6.07) is 2.85. The molecule has 0 N–H and O–H groups in total. The number of hydrogen-bond donors (Lipinski definition) is 0. The third-order valence-corrected chi connectivity index (χ3v) is 6.60. The first-order valence-corrected chi connectivity index (χ1v) is 10.2. The molecule has 3 aromatic rings. The minimum Gasteiger partial charge on any atom is -0.293 e. The number of fused-ring (bicyclic) bond motifs is 1. The van der Waals surface area contributed by atoms with E-state index in [0.29, 0.717) is 21.4 Å². The molecule has 0 fully saturated rings. The van der Waals surface area contributed by atoms with E-state index in [1.165, 1.54) is 15.9 Å². The molecule has 0 spiro atoms. The van der Waals surface area contributed by atoms with E-state index in [0.717, 1.165) is 34.3 Å². The van der Waals surface area contributed by atoms with Crippen molar-refractivity contribution >= 4 is 39.1 Å². The number of allylic oxidation sites excluding steroid dienone is 1. The first kappa shape index (κ1) is 20.4. The van der Waals surface area contributed by atoms with Gasteiger partial charge in [-0.05, 0) is 38.5 Å². The van der Waals surface area contributed by atoms with Crippen molar-refractivity contribution in [1.29, 1.82) is 0 Å². The second kappa shape index (κ2) is 7.97. The molecule has 2 heterocycles. The topological polar surface area (TPSA) is 52.0 Å². The number of carbonyl (C=O) groups excluding carboxylic acids is 1. The predicted molar refractivity (Wildman–Crippen MR) is 110 cm³/mol. The van der Waals surface area contributed by atoms with Crippen molar-refractivity contribution < 1.29 is 13.6 Å². The summed E-state index contributed by atoms with van der Waals surface area (Å²) in [4.78, 5) is 31.8. The quantitative estimate of drug-likeness (QED) is 0.246. The van der Waals surface area contributed by atoms with Gasteiger partial charge in [-0.2, -0.15) is 0 Å². The zero-order valence-corrected chi connectivity index (χ0v) is 17.2. The van der Waals surface area contributed by atoms with Crippen LogP contribution in [0.15, 0.2) is 40.8 Å². The molecule has 3 rings (SSSR count). The molecule has 0 aliphatic carbocycles. The first-order valence-electron chi connectivity index (χ1n) is 8.52. The van der Waals surface area contributed by atoms with Gasteiger partial charge in [-0.3, -0.25) is 14.2 Å². The van der Waals surface area contributed by atoms with Crippen LogP contribution in [0, 0.1) is 25.5 Å². The van der Waals surface area contributed by atoms with Crippen LogP contribution in [0.2, 0.25) is 0 Å². The normalized spacial score (nSPS) is 12.3. The maximum Gasteiger partial charge on any atom is 0.263 e. The molecule has 0 aliphatic heterocycles. The van der Waals surface area contributed by atoms with Gasteiger partial charge in [0.15, 0.2) is 10.9 Å². The monoisotopic (exact) mass is 420 g/mol. The number of thioether (sulfide) groups is 1. The van der Waals surface area contributed by atoms with Gasteiger partial charge in [-0.15, -0.1) is 17.9 Å². The van der Waals surface area contributed by atoms with Gasteiger partial charge in [0.05, 0.1) is 16.2 Å². The molecule has 4 nitrogen and oxygen atoms in total. The van der Waals surface area contributed by atoms with Gasteiger partial charge in [-0.1, -0.05) is 17.8 Å². The number of hydrogen-bond acceptors (Lipinski definition) is 5. The summed E-state index contributed by atoms with van der Waals surface area (Å²) < 4.78 is 28.5. The molecule has 0 bridgehead atoms. The van der Waals surface area contributed by atoms with Crippen molar-refractivity contribution in [3.63, 3.8) is 0 Å². The molecule has 0 saturated carbocycles. The van der Waals surface area contributed by atoms with E-state index in [4.69, 9.17) is 0 Å². The van der Waals surface area contributed by atoms with E-state index >= 15 is 0 Å².